The van der Waals surface area contributed by atoms with Gasteiger partial charge in [-0.1, -0.05) is 13.8 Å². The average molecular weight is 205 g/mol. The highest BCUT2D eigenvalue weighted by Crippen LogP contribution is 2.02. The Morgan fingerprint density at radius 2 is 1.93 bits per heavy atom. The number of nitrogens with zero attached hydrogens (tertiary/aromatic N) is 1. The summed E-state index contributed by atoms with van der Waals surface area (Å²) in [6, 6.07) is 0. The quantitative estimate of drug-likeness (QED) is 0.713. The number of carboxylic acid groups (broad SMARTS) is 1. The maximum atomic E-state index is 10.2. The molecule has 0 aliphatic carbocycles. The molecule has 0 heterocycles. The van der Waals surface area contributed by atoms with Crippen molar-refractivity contribution < 1.29 is 14.6 Å². The molecule has 0 saturated carbocycles. The molecule has 0 aromatic heterocycles. The second-order valence-corrected chi connectivity index (χ2v) is 3.05. The van der Waals surface area contributed by atoms with Crippen LogP contribution in [0.1, 0.15) is 26.7 Å². The highest BCUT2D eigenvalue weighted by Gasteiger charge is 2.10. The van der Waals surface area contributed by atoms with E-state index in [1.807, 2.05) is 32.8 Å². The molecule has 0 radical (unpaired) electrons. The van der Waals surface area contributed by atoms with E-state index < -0.39 is 5.97 Å². The van der Waals surface area contributed by atoms with Crippen LogP contribution in [0.15, 0.2) is 0 Å². The second kappa shape index (κ2) is 10.5. The third kappa shape index (κ3) is 11.4. The fourth-order valence-corrected chi connectivity index (χ4v) is 0.975. The third-order valence-electron chi connectivity index (χ3n) is 1.58. The number of carboxylic acids is 1. The van der Waals surface area contributed by atoms with Gasteiger partial charge in [-0.3, -0.25) is 4.79 Å². The first-order valence-corrected chi connectivity index (χ1v) is 4.95. The van der Waals surface area contributed by atoms with Gasteiger partial charge in [-0.05, 0) is 20.5 Å². The Bertz CT molecular complexity index is 137. The number of carbonyl (C=O) groups is 1. The van der Waals surface area contributed by atoms with Crippen LogP contribution in [0, 0.1) is 0 Å². The summed E-state index contributed by atoms with van der Waals surface area (Å²) in [4.78, 5) is 12.2. The van der Waals surface area contributed by atoms with Gasteiger partial charge in [0.2, 0.25) is 0 Å². The highest BCUT2D eigenvalue weighted by atomic mass is 16.5. The zero-order chi connectivity index (χ0) is 11.6. The van der Waals surface area contributed by atoms with Crippen LogP contribution in [0.3, 0.4) is 0 Å². The van der Waals surface area contributed by atoms with Crippen molar-refractivity contribution in [2.45, 2.75) is 32.8 Å². The molecule has 0 unspecified atom stereocenters. The van der Waals surface area contributed by atoms with Crippen molar-refractivity contribution in [3.63, 3.8) is 0 Å². The minimum atomic E-state index is -0.768. The molecular formula is C10H23NO3. The molecule has 0 saturated heterocycles. The topological polar surface area (TPSA) is 49.8 Å². The van der Waals surface area contributed by atoms with Crippen LogP contribution in [-0.2, 0) is 9.53 Å². The van der Waals surface area contributed by atoms with Crippen molar-refractivity contribution in [1.29, 1.82) is 0 Å². The lowest BCUT2D eigenvalue weighted by molar-refractivity contribution is -0.137. The first kappa shape index (κ1) is 15.8. The van der Waals surface area contributed by atoms with Crippen molar-refractivity contribution >= 4 is 5.97 Å². The van der Waals surface area contributed by atoms with Gasteiger partial charge in [-0.25, -0.2) is 0 Å². The first-order chi connectivity index (χ1) is 6.56. The Morgan fingerprint density at radius 1 is 1.43 bits per heavy atom. The normalized spacial score (nSPS) is 11.9. The van der Waals surface area contributed by atoms with E-state index in [0.29, 0.717) is 6.42 Å². The molecule has 4 nitrogen and oxygen atoms in total. The van der Waals surface area contributed by atoms with Crippen LogP contribution in [0.2, 0.25) is 0 Å². The van der Waals surface area contributed by atoms with Gasteiger partial charge in [0.25, 0.3) is 0 Å². The summed E-state index contributed by atoms with van der Waals surface area (Å²) in [6.07, 6.45) is 0.771. The highest BCUT2D eigenvalue weighted by molar-refractivity contribution is 5.66. The lowest BCUT2D eigenvalue weighted by Crippen LogP contribution is -2.28. The predicted octanol–water partition coefficient (Wildman–Crippen LogP) is 1.45. The summed E-state index contributed by atoms with van der Waals surface area (Å²) in [5.41, 5.74) is 0. The standard InChI is InChI=1S/C8H17NO3.C2H6/c1-9(2)6-7(12-3)4-5-8(10)11;1-2/h7H,4-6H2,1-3H3,(H,10,11);1-2H3/t7-;/m0./s1. The number of likely N-dealkylation sites (N-methyl/N-ethyl adjacent to an activating group) is 1. The third-order valence-corrected chi connectivity index (χ3v) is 1.58. The predicted molar refractivity (Wildman–Crippen MR) is 57.6 cm³/mol. The Balaban J connectivity index is 0. The number of ether oxygens (including phenoxy) is 1. The molecule has 0 spiro atoms. The second-order valence-electron chi connectivity index (χ2n) is 3.05. The van der Waals surface area contributed by atoms with Crippen molar-refractivity contribution in [2.75, 3.05) is 27.7 Å². The molecule has 4 heteroatoms. The van der Waals surface area contributed by atoms with Crippen LogP contribution < -0.4 is 0 Å². The summed E-state index contributed by atoms with van der Waals surface area (Å²) in [5.74, 6) is -0.768. The molecule has 0 amide bonds. The van der Waals surface area contributed by atoms with Crippen molar-refractivity contribution in [3.8, 4) is 0 Å². The average Bonchev–Trinajstić information content (AvgIpc) is 2.14. The largest absolute Gasteiger partial charge is 0.481 e. The van der Waals surface area contributed by atoms with Gasteiger partial charge in [0.1, 0.15) is 0 Å². The van der Waals surface area contributed by atoms with Crippen molar-refractivity contribution in [1.82, 2.24) is 4.90 Å². The van der Waals surface area contributed by atoms with E-state index in [1.54, 1.807) is 7.11 Å². The number of rotatable bonds is 6. The molecule has 0 fully saturated rings. The van der Waals surface area contributed by atoms with E-state index in [1.165, 1.54) is 0 Å². The van der Waals surface area contributed by atoms with Crippen LogP contribution in [0.4, 0.5) is 0 Å². The van der Waals surface area contributed by atoms with E-state index in [0.717, 1.165) is 6.54 Å². The Hall–Kier alpha value is -0.610. The number of hydrogen-bond donors (Lipinski definition) is 1. The Labute approximate surface area is 86.9 Å². The van der Waals surface area contributed by atoms with Crippen LogP contribution in [0.5, 0.6) is 0 Å². The van der Waals surface area contributed by atoms with Gasteiger partial charge in [0.05, 0.1) is 6.10 Å². The molecular weight excluding hydrogens is 182 g/mol. The van der Waals surface area contributed by atoms with E-state index in [9.17, 15) is 4.79 Å². The first-order valence-electron chi connectivity index (χ1n) is 4.95. The molecule has 1 N–H and O–H groups in total. The van der Waals surface area contributed by atoms with Gasteiger partial charge < -0.3 is 14.7 Å². The molecule has 14 heavy (non-hydrogen) atoms. The van der Waals surface area contributed by atoms with Crippen LogP contribution in [-0.4, -0.2) is 49.8 Å². The van der Waals surface area contributed by atoms with E-state index in [-0.39, 0.29) is 12.5 Å². The van der Waals surface area contributed by atoms with Crippen LogP contribution >= 0.6 is 0 Å². The lowest BCUT2D eigenvalue weighted by atomic mass is 10.2. The molecule has 86 valence electrons. The number of aliphatic carboxylic acids is 1. The molecule has 1 atom stereocenters. The monoisotopic (exact) mass is 205 g/mol. The molecule has 0 rings (SSSR count). The molecule has 0 aromatic carbocycles. The Morgan fingerprint density at radius 3 is 2.21 bits per heavy atom. The Kier molecular flexibility index (Phi) is 11.9. The van der Waals surface area contributed by atoms with Gasteiger partial charge in [0.15, 0.2) is 0 Å². The summed E-state index contributed by atoms with van der Waals surface area (Å²) < 4.78 is 5.11. The number of methoxy groups -OCH3 is 1. The lowest BCUT2D eigenvalue weighted by Gasteiger charge is -2.18. The van der Waals surface area contributed by atoms with Crippen molar-refractivity contribution in [2.24, 2.45) is 0 Å². The maximum absolute atomic E-state index is 10.2. The fourth-order valence-electron chi connectivity index (χ4n) is 0.975. The van der Waals surface area contributed by atoms with Gasteiger partial charge in [0, 0.05) is 20.1 Å². The summed E-state index contributed by atoms with van der Waals surface area (Å²) in [5, 5.41) is 8.42. The van der Waals surface area contributed by atoms with Gasteiger partial charge in [-0.15, -0.1) is 0 Å². The van der Waals surface area contributed by atoms with Gasteiger partial charge in [-0.2, -0.15) is 0 Å². The van der Waals surface area contributed by atoms with Crippen LogP contribution in [0.25, 0.3) is 0 Å². The summed E-state index contributed by atoms with van der Waals surface area (Å²) >= 11 is 0. The smallest absolute Gasteiger partial charge is 0.303 e. The molecule has 0 aromatic rings. The summed E-state index contributed by atoms with van der Waals surface area (Å²) in [6.45, 7) is 4.77. The minimum absolute atomic E-state index is 0.0242. The fraction of sp³-hybridized carbons (Fsp3) is 0.900. The van der Waals surface area contributed by atoms with E-state index >= 15 is 0 Å². The minimum Gasteiger partial charge on any atom is -0.481 e. The zero-order valence-electron chi connectivity index (χ0n) is 9.91. The van der Waals surface area contributed by atoms with Gasteiger partial charge >= 0.3 is 5.97 Å². The SMILES string of the molecule is CC.CO[C@@H](CCC(=O)O)CN(C)C. The summed E-state index contributed by atoms with van der Waals surface area (Å²) in [7, 11) is 5.48. The maximum Gasteiger partial charge on any atom is 0.303 e. The van der Waals surface area contributed by atoms with E-state index in [2.05, 4.69) is 0 Å². The zero-order valence-corrected chi connectivity index (χ0v) is 9.91. The molecule has 0 aliphatic heterocycles. The molecule has 0 bridgehead atoms. The number of hydrogen-bond acceptors (Lipinski definition) is 3. The van der Waals surface area contributed by atoms with Crippen molar-refractivity contribution in [3.05, 3.63) is 0 Å². The molecule has 0 aliphatic rings. The van der Waals surface area contributed by atoms with E-state index in [4.69, 9.17) is 9.84 Å².